The van der Waals surface area contributed by atoms with Crippen molar-refractivity contribution in [2.75, 3.05) is 19.0 Å². The molecule has 2 aromatic rings. The largest absolute Gasteiger partial charge is 0.497 e. The number of ether oxygens (including phenoxy) is 1. The van der Waals surface area contributed by atoms with Crippen LogP contribution in [0.1, 0.15) is 17.0 Å². The quantitative estimate of drug-likeness (QED) is 0.710. The number of halogens is 2. The highest BCUT2D eigenvalue weighted by Gasteiger charge is 2.36. The molecular weight excluding hydrogens is 364 g/mol. The molecule has 2 atom stereocenters. The fourth-order valence-corrected chi connectivity index (χ4v) is 3.16. The lowest BCUT2D eigenvalue weighted by molar-refractivity contribution is 0.249. The first kappa shape index (κ1) is 19.2. The van der Waals surface area contributed by atoms with Crippen molar-refractivity contribution in [3.8, 4) is 18.1 Å². The van der Waals surface area contributed by atoms with Gasteiger partial charge in [-0.2, -0.15) is 0 Å². The highest BCUT2D eigenvalue weighted by atomic mass is 19.1. The number of benzene rings is 2. The van der Waals surface area contributed by atoms with E-state index in [0.717, 1.165) is 12.1 Å². The molecular formula is C21H19F2N3O2. The number of urea groups is 1. The number of anilines is 1. The van der Waals surface area contributed by atoms with Crippen molar-refractivity contribution in [2.24, 2.45) is 0 Å². The predicted molar refractivity (Wildman–Crippen MR) is 103 cm³/mol. The highest BCUT2D eigenvalue weighted by molar-refractivity contribution is 5.89. The van der Waals surface area contributed by atoms with Crippen molar-refractivity contribution < 1.29 is 18.3 Å². The van der Waals surface area contributed by atoms with Crippen LogP contribution in [0.5, 0.6) is 5.75 Å². The second-order valence-corrected chi connectivity index (χ2v) is 6.32. The molecule has 0 spiro atoms. The van der Waals surface area contributed by atoms with Gasteiger partial charge < -0.3 is 20.7 Å². The molecule has 1 saturated heterocycles. The van der Waals surface area contributed by atoms with Crippen LogP contribution >= 0.6 is 0 Å². The zero-order valence-electron chi connectivity index (χ0n) is 15.2. The molecule has 0 aromatic heterocycles. The summed E-state index contributed by atoms with van der Waals surface area (Å²) in [6, 6.07) is 7.72. The van der Waals surface area contributed by atoms with Crippen molar-refractivity contribution in [1.82, 2.24) is 10.6 Å². The topological polar surface area (TPSA) is 62.4 Å². The minimum absolute atomic E-state index is 0.0844. The maximum atomic E-state index is 14.5. The molecule has 1 fully saturated rings. The van der Waals surface area contributed by atoms with Crippen molar-refractivity contribution >= 4 is 11.7 Å². The van der Waals surface area contributed by atoms with Gasteiger partial charge in [-0.05, 0) is 24.3 Å². The number of hydrogen-bond donors (Lipinski definition) is 3. The van der Waals surface area contributed by atoms with Crippen LogP contribution in [0, 0.1) is 24.0 Å². The maximum Gasteiger partial charge on any atom is 0.319 e. The minimum atomic E-state index is -0.740. The molecule has 3 N–H and O–H groups in total. The Hall–Kier alpha value is -3.53. The summed E-state index contributed by atoms with van der Waals surface area (Å²) in [5.74, 6) is 0.431. The summed E-state index contributed by atoms with van der Waals surface area (Å²) in [5.41, 5.74) is 1.56. The van der Waals surface area contributed by atoms with Crippen LogP contribution in [-0.4, -0.2) is 25.7 Å². The molecule has 1 aliphatic rings. The molecule has 0 aliphatic carbocycles. The normalized spacial score (nSPS) is 18.1. The fourth-order valence-electron chi connectivity index (χ4n) is 3.16. The Kier molecular flexibility index (Phi) is 5.50. The molecule has 0 saturated carbocycles. The Morgan fingerprint density at radius 2 is 1.93 bits per heavy atom. The standard InChI is InChI=1S/C21H19F2N3O2/c1-4-13-5-7-14(8-6-13)25-21(27)26-20-12(2)24-11-16(20)19-17(22)9-15(28-3)10-18(19)23/h1,5-10,16,20,24H,2,11H2,3H3,(H2,25,26,27)/t16-,20+/m0/s1. The lowest BCUT2D eigenvalue weighted by atomic mass is 9.92. The molecule has 7 heteroatoms. The maximum absolute atomic E-state index is 14.5. The van der Waals surface area contributed by atoms with Gasteiger partial charge in [0, 0.05) is 47.1 Å². The van der Waals surface area contributed by atoms with Crippen LogP contribution in [-0.2, 0) is 0 Å². The van der Waals surface area contributed by atoms with Gasteiger partial charge in [-0.1, -0.05) is 12.5 Å². The van der Waals surface area contributed by atoms with E-state index in [1.54, 1.807) is 24.3 Å². The average molecular weight is 383 g/mol. The number of terminal acetylenes is 1. The van der Waals surface area contributed by atoms with Gasteiger partial charge in [-0.3, -0.25) is 0 Å². The molecule has 2 amide bonds. The monoisotopic (exact) mass is 383 g/mol. The van der Waals surface area contributed by atoms with Gasteiger partial charge in [0.25, 0.3) is 0 Å². The van der Waals surface area contributed by atoms with E-state index in [0.29, 0.717) is 16.9 Å². The number of rotatable bonds is 4. The number of hydrogen-bond acceptors (Lipinski definition) is 3. The predicted octanol–water partition coefficient (Wildman–Crippen LogP) is 3.35. The van der Waals surface area contributed by atoms with Crippen molar-refractivity contribution in [3.05, 3.63) is 71.4 Å². The molecule has 0 bridgehead atoms. The SMILES string of the molecule is C#Cc1ccc(NC(=O)N[C@@H]2C(=C)NC[C@H]2c2c(F)cc(OC)cc2F)cc1. The van der Waals surface area contributed by atoms with Crippen LogP contribution < -0.4 is 20.7 Å². The van der Waals surface area contributed by atoms with E-state index in [1.807, 2.05) is 0 Å². The molecule has 2 aromatic carbocycles. The Labute approximate surface area is 161 Å². The number of nitrogens with one attached hydrogen (secondary N) is 3. The third-order valence-electron chi connectivity index (χ3n) is 4.58. The summed E-state index contributed by atoms with van der Waals surface area (Å²) < 4.78 is 33.9. The van der Waals surface area contributed by atoms with E-state index in [2.05, 4.69) is 28.4 Å². The summed E-state index contributed by atoms with van der Waals surface area (Å²) in [6.07, 6.45) is 5.30. The van der Waals surface area contributed by atoms with Crippen LogP contribution in [0.3, 0.4) is 0 Å². The van der Waals surface area contributed by atoms with Crippen molar-refractivity contribution in [2.45, 2.75) is 12.0 Å². The van der Waals surface area contributed by atoms with Gasteiger partial charge in [0.2, 0.25) is 0 Å². The van der Waals surface area contributed by atoms with E-state index in [9.17, 15) is 13.6 Å². The Balaban J connectivity index is 1.77. The fraction of sp³-hybridized carbons (Fsp3) is 0.190. The molecule has 1 aliphatic heterocycles. The summed E-state index contributed by atoms with van der Waals surface area (Å²) in [4.78, 5) is 12.4. The molecule has 1 heterocycles. The number of carbonyl (C=O) groups excluding carboxylic acids is 1. The smallest absolute Gasteiger partial charge is 0.319 e. The van der Waals surface area contributed by atoms with E-state index in [1.165, 1.54) is 7.11 Å². The lowest BCUT2D eigenvalue weighted by Gasteiger charge is -2.22. The van der Waals surface area contributed by atoms with Gasteiger partial charge in [-0.25, -0.2) is 13.6 Å². The zero-order valence-corrected chi connectivity index (χ0v) is 15.2. The van der Waals surface area contributed by atoms with Crippen molar-refractivity contribution in [3.63, 3.8) is 0 Å². The van der Waals surface area contributed by atoms with Crippen LogP contribution in [0.4, 0.5) is 19.3 Å². The first-order chi connectivity index (χ1) is 13.4. The first-order valence-corrected chi connectivity index (χ1v) is 8.52. The Bertz CT molecular complexity index is 928. The molecule has 0 unspecified atom stereocenters. The van der Waals surface area contributed by atoms with Gasteiger partial charge in [0.1, 0.15) is 17.4 Å². The van der Waals surface area contributed by atoms with Gasteiger partial charge in [0.05, 0.1) is 13.2 Å². The Morgan fingerprint density at radius 3 is 2.50 bits per heavy atom. The number of methoxy groups -OCH3 is 1. The average Bonchev–Trinajstić information content (AvgIpc) is 3.02. The highest BCUT2D eigenvalue weighted by Crippen LogP contribution is 2.33. The first-order valence-electron chi connectivity index (χ1n) is 8.52. The van der Waals surface area contributed by atoms with E-state index in [-0.39, 0.29) is 17.9 Å². The summed E-state index contributed by atoms with van der Waals surface area (Å²) >= 11 is 0. The van der Waals surface area contributed by atoms with Gasteiger partial charge in [-0.15, -0.1) is 6.42 Å². The molecule has 3 rings (SSSR count). The van der Waals surface area contributed by atoms with Gasteiger partial charge in [0.15, 0.2) is 0 Å². The van der Waals surface area contributed by atoms with Crippen LogP contribution in [0.15, 0.2) is 48.7 Å². The summed E-state index contributed by atoms with van der Waals surface area (Å²) in [6.45, 7) is 4.08. The zero-order chi connectivity index (χ0) is 20.3. The van der Waals surface area contributed by atoms with E-state index < -0.39 is 29.6 Å². The molecule has 28 heavy (non-hydrogen) atoms. The number of amides is 2. The third kappa shape index (κ3) is 3.91. The van der Waals surface area contributed by atoms with Crippen LogP contribution in [0.25, 0.3) is 0 Å². The minimum Gasteiger partial charge on any atom is -0.497 e. The number of carbonyl (C=O) groups is 1. The Morgan fingerprint density at radius 1 is 1.29 bits per heavy atom. The third-order valence-corrected chi connectivity index (χ3v) is 4.58. The second kappa shape index (κ2) is 8.01. The van der Waals surface area contributed by atoms with Gasteiger partial charge >= 0.3 is 6.03 Å². The molecule has 144 valence electrons. The summed E-state index contributed by atoms with van der Waals surface area (Å²) in [7, 11) is 1.33. The summed E-state index contributed by atoms with van der Waals surface area (Å²) in [5, 5.41) is 8.35. The van der Waals surface area contributed by atoms with E-state index >= 15 is 0 Å². The molecule has 0 radical (unpaired) electrons. The second-order valence-electron chi connectivity index (χ2n) is 6.32. The lowest BCUT2D eigenvalue weighted by Crippen LogP contribution is -2.41. The van der Waals surface area contributed by atoms with Crippen LogP contribution in [0.2, 0.25) is 0 Å². The van der Waals surface area contributed by atoms with Crippen molar-refractivity contribution in [1.29, 1.82) is 0 Å². The van der Waals surface area contributed by atoms with E-state index in [4.69, 9.17) is 11.2 Å². The molecule has 5 nitrogen and oxygen atoms in total.